The summed E-state index contributed by atoms with van der Waals surface area (Å²) in [6.07, 6.45) is 3.33. The standard InChI is InChI=1S/C15H20N6O/c1-3-9-21(10-4-2)13(22)11-5-7-12(8-6-11)19-15(18)20-14(16)17/h3-8H,1-2,9-10H2,(H6,16,17,18,19,20). The van der Waals surface area contributed by atoms with Crippen molar-refractivity contribution < 1.29 is 4.79 Å². The molecule has 0 radical (unpaired) electrons. The Bertz CT molecular complexity index is 589. The van der Waals surface area contributed by atoms with E-state index in [1.165, 1.54) is 0 Å². The molecule has 0 atom stereocenters. The molecule has 0 aliphatic rings. The van der Waals surface area contributed by atoms with Gasteiger partial charge in [0.2, 0.25) is 5.96 Å². The highest BCUT2D eigenvalue weighted by Crippen LogP contribution is 2.14. The molecule has 1 rings (SSSR count). The zero-order valence-corrected chi connectivity index (χ0v) is 12.3. The first-order chi connectivity index (χ1) is 10.5. The number of amides is 1. The summed E-state index contributed by atoms with van der Waals surface area (Å²) in [6.45, 7) is 8.17. The monoisotopic (exact) mass is 300 g/mol. The number of benzene rings is 1. The minimum atomic E-state index is -0.169. The van der Waals surface area contributed by atoms with Gasteiger partial charge in [-0.25, -0.2) is 4.99 Å². The molecule has 0 fully saturated rings. The average Bonchev–Trinajstić information content (AvgIpc) is 2.46. The van der Waals surface area contributed by atoms with Gasteiger partial charge >= 0.3 is 0 Å². The molecule has 116 valence electrons. The number of carbonyl (C=O) groups is 1. The predicted octanol–water partition coefficient (Wildman–Crippen LogP) is 0.720. The van der Waals surface area contributed by atoms with Gasteiger partial charge in [-0.1, -0.05) is 12.2 Å². The van der Waals surface area contributed by atoms with E-state index in [4.69, 9.17) is 17.2 Å². The van der Waals surface area contributed by atoms with Crippen molar-refractivity contribution in [2.24, 2.45) is 27.2 Å². The molecule has 7 nitrogen and oxygen atoms in total. The number of aliphatic imine (C=N–C) groups is 2. The number of hydrogen-bond donors (Lipinski definition) is 3. The quantitative estimate of drug-likeness (QED) is 0.407. The summed E-state index contributed by atoms with van der Waals surface area (Å²) in [5.41, 5.74) is 17.0. The first-order valence-electron chi connectivity index (χ1n) is 6.52. The lowest BCUT2D eigenvalue weighted by Gasteiger charge is -2.19. The average molecular weight is 300 g/mol. The summed E-state index contributed by atoms with van der Waals surface area (Å²) in [5.74, 6) is -0.343. The third-order valence-electron chi connectivity index (χ3n) is 2.59. The second-order valence-corrected chi connectivity index (χ2v) is 4.34. The molecular formula is C15H20N6O. The van der Waals surface area contributed by atoms with Gasteiger partial charge in [-0.2, -0.15) is 4.99 Å². The maximum absolute atomic E-state index is 12.3. The van der Waals surface area contributed by atoms with Gasteiger partial charge in [-0.05, 0) is 24.3 Å². The van der Waals surface area contributed by atoms with Crippen LogP contribution in [0.15, 0.2) is 59.6 Å². The van der Waals surface area contributed by atoms with E-state index in [1.807, 2.05) is 0 Å². The van der Waals surface area contributed by atoms with E-state index in [9.17, 15) is 4.79 Å². The van der Waals surface area contributed by atoms with Crippen LogP contribution in [-0.2, 0) is 0 Å². The van der Waals surface area contributed by atoms with Crippen LogP contribution >= 0.6 is 0 Å². The van der Waals surface area contributed by atoms with Crippen LogP contribution in [0, 0.1) is 0 Å². The van der Waals surface area contributed by atoms with Crippen LogP contribution in [0.4, 0.5) is 5.69 Å². The zero-order valence-electron chi connectivity index (χ0n) is 12.3. The highest BCUT2D eigenvalue weighted by molar-refractivity contribution is 5.95. The second-order valence-electron chi connectivity index (χ2n) is 4.34. The molecule has 22 heavy (non-hydrogen) atoms. The SMILES string of the molecule is C=CCN(CC=C)C(=O)c1ccc(N=C(N)N=C(N)N)cc1. The number of carbonyl (C=O) groups excluding carboxylic acids is 1. The molecule has 0 unspecified atom stereocenters. The van der Waals surface area contributed by atoms with Crippen LogP contribution in [0.1, 0.15) is 10.4 Å². The third-order valence-corrected chi connectivity index (χ3v) is 2.59. The van der Waals surface area contributed by atoms with Gasteiger partial charge in [-0.15, -0.1) is 13.2 Å². The largest absolute Gasteiger partial charge is 0.370 e. The molecular weight excluding hydrogens is 280 g/mol. The Kier molecular flexibility index (Phi) is 6.36. The van der Waals surface area contributed by atoms with Crippen molar-refractivity contribution in [2.75, 3.05) is 13.1 Å². The molecule has 0 heterocycles. The Hall–Kier alpha value is -3.09. The lowest BCUT2D eigenvalue weighted by molar-refractivity contribution is 0.0791. The zero-order chi connectivity index (χ0) is 16.5. The highest BCUT2D eigenvalue weighted by Gasteiger charge is 2.12. The lowest BCUT2D eigenvalue weighted by Crippen LogP contribution is -2.31. The summed E-state index contributed by atoms with van der Waals surface area (Å²) in [4.78, 5) is 21.6. The first-order valence-corrected chi connectivity index (χ1v) is 6.52. The van der Waals surface area contributed by atoms with Gasteiger partial charge in [-0.3, -0.25) is 4.79 Å². The van der Waals surface area contributed by atoms with Gasteiger partial charge in [0.25, 0.3) is 5.91 Å². The molecule has 1 amide bonds. The van der Waals surface area contributed by atoms with Crippen LogP contribution in [0.25, 0.3) is 0 Å². The van der Waals surface area contributed by atoms with E-state index in [0.29, 0.717) is 24.3 Å². The van der Waals surface area contributed by atoms with Crippen molar-refractivity contribution in [1.82, 2.24) is 4.90 Å². The molecule has 0 aliphatic carbocycles. The fraction of sp³-hybridized carbons (Fsp3) is 0.133. The minimum Gasteiger partial charge on any atom is -0.370 e. The number of guanidine groups is 2. The van der Waals surface area contributed by atoms with Crippen molar-refractivity contribution in [2.45, 2.75) is 0 Å². The smallest absolute Gasteiger partial charge is 0.254 e. The molecule has 7 heteroatoms. The Balaban J connectivity index is 2.92. The summed E-state index contributed by atoms with van der Waals surface area (Å²) >= 11 is 0. The van der Waals surface area contributed by atoms with Gasteiger partial charge in [0.15, 0.2) is 5.96 Å². The van der Waals surface area contributed by atoms with E-state index >= 15 is 0 Å². The van der Waals surface area contributed by atoms with E-state index < -0.39 is 0 Å². The minimum absolute atomic E-state index is 0.0565. The van der Waals surface area contributed by atoms with Gasteiger partial charge in [0.05, 0.1) is 5.69 Å². The lowest BCUT2D eigenvalue weighted by atomic mass is 10.2. The number of hydrogen-bond acceptors (Lipinski definition) is 2. The van der Waals surface area contributed by atoms with E-state index in [-0.39, 0.29) is 17.8 Å². The fourth-order valence-corrected chi connectivity index (χ4v) is 1.70. The van der Waals surface area contributed by atoms with Crippen LogP contribution in [0.5, 0.6) is 0 Å². The second kappa shape index (κ2) is 8.25. The third kappa shape index (κ3) is 5.12. The Labute approximate surface area is 129 Å². The molecule has 0 aliphatic heterocycles. The molecule has 0 bridgehead atoms. The molecule has 1 aromatic carbocycles. The maximum atomic E-state index is 12.3. The molecule has 0 saturated heterocycles. The molecule has 1 aromatic rings. The van der Waals surface area contributed by atoms with Crippen molar-refractivity contribution >= 4 is 23.5 Å². The normalized spacial score (nSPS) is 10.6. The summed E-state index contributed by atoms with van der Waals surface area (Å²) in [5, 5.41) is 0. The molecule has 0 spiro atoms. The molecule has 0 aromatic heterocycles. The van der Waals surface area contributed by atoms with Crippen LogP contribution in [-0.4, -0.2) is 35.8 Å². The maximum Gasteiger partial charge on any atom is 0.254 e. The van der Waals surface area contributed by atoms with Crippen LogP contribution in [0.3, 0.4) is 0 Å². The number of nitrogens with zero attached hydrogens (tertiary/aromatic N) is 3. The number of nitrogens with two attached hydrogens (primary N) is 3. The topological polar surface area (TPSA) is 123 Å². The highest BCUT2D eigenvalue weighted by atomic mass is 16.2. The van der Waals surface area contributed by atoms with Crippen LogP contribution in [0.2, 0.25) is 0 Å². The van der Waals surface area contributed by atoms with Gasteiger partial charge in [0, 0.05) is 18.7 Å². The van der Waals surface area contributed by atoms with E-state index in [1.54, 1.807) is 41.3 Å². The number of rotatable bonds is 6. The van der Waals surface area contributed by atoms with Crippen LogP contribution < -0.4 is 17.2 Å². The predicted molar refractivity (Wildman–Crippen MR) is 89.8 cm³/mol. The van der Waals surface area contributed by atoms with Gasteiger partial charge in [0.1, 0.15) is 0 Å². The van der Waals surface area contributed by atoms with Crippen molar-refractivity contribution in [1.29, 1.82) is 0 Å². The van der Waals surface area contributed by atoms with E-state index in [0.717, 1.165) is 0 Å². The molecule has 6 N–H and O–H groups in total. The Morgan fingerprint density at radius 3 is 2.09 bits per heavy atom. The summed E-state index contributed by atoms with van der Waals surface area (Å²) in [6, 6.07) is 6.62. The Morgan fingerprint density at radius 1 is 1.09 bits per heavy atom. The molecule has 0 saturated carbocycles. The summed E-state index contributed by atoms with van der Waals surface area (Å²) in [7, 11) is 0. The Morgan fingerprint density at radius 2 is 1.64 bits per heavy atom. The van der Waals surface area contributed by atoms with Gasteiger partial charge < -0.3 is 22.1 Å². The summed E-state index contributed by atoms with van der Waals surface area (Å²) < 4.78 is 0. The van der Waals surface area contributed by atoms with Crippen molar-refractivity contribution in [3.8, 4) is 0 Å². The van der Waals surface area contributed by atoms with E-state index in [2.05, 4.69) is 23.1 Å². The fourth-order valence-electron chi connectivity index (χ4n) is 1.70. The van der Waals surface area contributed by atoms with Crippen molar-refractivity contribution in [3.05, 3.63) is 55.1 Å². The first kappa shape index (κ1) is 17.0. The van der Waals surface area contributed by atoms with Crippen molar-refractivity contribution in [3.63, 3.8) is 0 Å².